The Kier molecular flexibility index (Phi) is 5.80. The number of aliphatic imine (C=N–C) groups is 1. The highest BCUT2D eigenvalue weighted by Crippen LogP contribution is 2.25. The van der Waals surface area contributed by atoms with Crippen LogP contribution in [0.5, 0.6) is 0 Å². The van der Waals surface area contributed by atoms with E-state index < -0.39 is 0 Å². The molecule has 0 amide bonds. The van der Waals surface area contributed by atoms with Crippen molar-refractivity contribution in [3.63, 3.8) is 0 Å². The van der Waals surface area contributed by atoms with Crippen molar-refractivity contribution in [1.82, 2.24) is 9.97 Å². The topological polar surface area (TPSA) is 88.2 Å². The molecule has 0 aliphatic heterocycles. The van der Waals surface area contributed by atoms with E-state index in [1.165, 1.54) is 25.5 Å². The Bertz CT molecular complexity index is 522. The second-order valence-corrected chi connectivity index (χ2v) is 5.41. The Morgan fingerprint density at radius 3 is 2.86 bits per heavy atom. The summed E-state index contributed by atoms with van der Waals surface area (Å²) in [5, 5.41) is 6.93. The molecule has 1 aliphatic carbocycles. The first-order valence-electron chi connectivity index (χ1n) is 7.13. The smallest absolute Gasteiger partial charge is 0.229 e. The molecule has 0 atom stereocenters. The lowest BCUT2D eigenvalue weighted by Gasteiger charge is -2.23. The van der Waals surface area contributed by atoms with Gasteiger partial charge in [0.2, 0.25) is 5.95 Å². The number of allylic oxidation sites excluding steroid dienone is 1. The largest absolute Gasteiger partial charge is 0.403 e. The van der Waals surface area contributed by atoms with E-state index in [1.807, 2.05) is 0 Å². The molecule has 21 heavy (non-hydrogen) atoms. The lowest BCUT2D eigenvalue weighted by atomic mass is 9.95. The van der Waals surface area contributed by atoms with Gasteiger partial charge in [-0.3, -0.25) is 4.99 Å². The Labute approximate surface area is 129 Å². The van der Waals surface area contributed by atoms with Gasteiger partial charge in [0.15, 0.2) is 5.82 Å². The van der Waals surface area contributed by atoms with Gasteiger partial charge in [0.1, 0.15) is 5.02 Å². The van der Waals surface area contributed by atoms with Crippen molar-refractivity contribution in [2.24, 2.45) is 10.7 Å². The van der Waals surface area contributed by atoms with E-state index >= 15 is 0 Å². The van der Waals surface area contributed by atoms with Crippen LogP contribution in [0.25, 0.3) is 0 Å². The van der Waals surface area contributed by atoms with Gasteiger partial charge in [0, 0.05) is 25.5 Å². The number of anilines is 2. The molecule has 0 unspecified atom stereocenters. The summed E-state index contributed by atoms with van der Waals surface area (Å²) in [4.78, 5) is 12.5. The third-order valence-corrected chi connectivity index (χ3v) is 3.67. The molecular weight excluding hydrogens is 288 g/mol. The van der Waals surface area contributed by atoms with Crippen LogP contribution in [0.2, 0.25) is 5.02 Å². The van der Waals surface area contributed by atoms with Gasteiger partial charge in [-0.05, 0) is 12.8 Å². The Balaban J connectivity index is 2.09. The quantitative estimate of drug-likeness (QED) is 0.728. The number of rotatable bonds is 5. The highest BCUT2D eigenvalue weighted by atomic mass is 35.5. The van der Waals surface area contributed by atoms with Crippen LogP contribution in [0.15, 0.2) is 23.1 Å². The van der Waals surface area contributed by atoms with Crippen molar-refractivity contribution in [3.8, 4) is 0 Å². The zero-order chi connectivity index (χ0) is 15.1. The zero-order valence-corrected chi connectivity index (χ0v) is 12.9. The summed E-state index contributed by atoms with van der Waals surface area (Å²) < 4.78 is 0. The third kappa shape index (κ3) is 4.60. The van der Waals surface area contributed by atoms with Crippen LogP contribution in [0.3, 0.4) is 0 Å². The minimum absolute atomic E-state index is 0.431. The first-order valence-corrected chi connectivity index (χ1v) is 7.51. The summed E-state index contributed by atoms with van der Waals surface area (Å²) in [5.41, 5.74) is 6.14. The molecule has 0 spiro atoms. The van der Waals surface area contributed by atoms with Crippen molar-refractivity contribution >= 4 is 29.6 Å². The predicted molar refractivity (Wildman–Crippen MR) is 87.8 cm³/mol. The van der Waals surface area contributed by atoms with Crippen LogP contribution in [0.1, 0.15) is 32.1 Å². The van der Waals surface area contributed by atoms with Crippen LogP contribution < -0.4 is 16.4 Å². The molecule has 1 aliphatic rings. The highest BCUT2D eigenvalue weighted by Gasteiger charge is 2.15. The molecule has 2 rings (SSSR count). The van der Waals surface area contributed by atoms with Gasteiger partial charge in [-0.25, -0.2) is 4.98 Å². The van der Waals surface area contributed by atoms with Crippen molar-refractivity contribution in [3.05, 3.63) is 23.1 Å². The molecule has 1 heterocycles. The average molecular weight is 309 g/mol. The number of hydrogen-bond acceptors (Lipinski definition) is 6. The first-order chi connectivity index (χ1) is 10.2. The van der Waals surface area contributed by atoms with Gasteiger partial charge in [0.25, 0.3) is 0 Å². The molecule has 1 saturated carbocycles. The van der Waals surface area contributed by atoms with Gasteiger partial charge < -0.3 is 16.4 Å². The van der Waals surface area contributed by atoms with Crippen LogP contribution >= 0.6 is 11.6 Å². The van der Waals surface area contributed by atoms with E-state index in [1.54, 1.807) is 19.5 Å². The van der Waals surface area contributed by atoms with E-state index in [9.17, 15) is 0 Å². The fourth-order valence-electron chi connectivity index (χ4n) is 2.35. The van der Waals surface area contributed by atoms with Crippen molar-refractivity contribution in [1.29, 1.82) is 0 Å². The number of nitrogens with one attached hydrogen (secondary N) is 2. The molecule has 1 fully saturated rings. The van der Waals surface area contributed by atoms with Gasteiger partial charge in [0.05, 0.1) is 11.9 Å². The van der Waals surface area contributed by atoms with Gasteiger partial charge in [-0.15, -0.1) is 0 Å². The monoisotopic (exact) mass is 308 g/mol. The molecule has 0 radical (unpaired) electrons. The third-order valence-electron chi connectivity index (χ3n) is 3.39. The van der Waals surface area contributed by atoms with E-state index in [0.29, 0.717) is 28.5 Å². The standard InChI is InChI=1S/C14H21ClN6/c1-17-8-11(7-16)20-14-18-9-12(15)13(21-14)19-10-5-3-2-4-6-10/h7-10H,2-6,16H2,1H3,(H2,18,19,20,21). The molecule has 6 nitrogen and oxygen atoms in total. The Morgan fingerprint density at radius 1 is 1.43 bits per heavy atom. The fraction of sp³-hybridized carbons (Fsp3) is 0.500. The van der Waals surface area contributed by atoms with Gasteiger partial charge >= 0.3 is 0 Å². The summed E-state index contributed by atoms with van der Waals surface area (Å²) in [5.74, 6) is 1.10. The van der Waals surface area contributed by atoms with Crippen LogP contribution in [-0.2, 0) is 0 Å². The lowest BCUT2D eigenvalue weighted by molar-refractivity contribution is 0.462. The maximum atomic E-state index is 6.17. The second kappa shape index (κ2) is 7.83. The summed E-state index contributed by atoms with van der Waals surface area (Å²) in [7, 11) is 1.67. The molecule has 114 valence electrons. The molecule has 0 bridgehead atoms. The Hall–Kier alpha value is -1.82. The van der Waals surface area contributed by atoms with Crippen molar-refractivity contribution in [2.75, 3.05) is 17.7 Å². The summed E-state index contributed by atoms with van der Waals surface area (Å²) in [6.07, 6.45) is 10.7. The van der Waals surface area contributed by atoms with Crippen LogP contribution in [0, 0.1) is 0 Å². The van der Waals surface area contributed by atoms with Crippen LogP contribution in [-0.4, -0.2) is 29.3 Å². The van der Waals surface area contributed by atoms with E-state index in [-0.39, 0.29) is 0 Å². The predicted octanol–water partition coefficient (Wildman–Crippen LogP) is 2.79. The number of hydrogen-bond donors (Lipinski definition) is 3. The SMILES string of the molecule is CN=CC(=CN)Nc1ncc(Cl)c(NC2CCCCC2)n1. The van der Waals surface area contributed by atoms with Crippen LogP contribution in [0.4, 0.5) is 11.8 Å². The molecule has 7 heteroatoms. The normalized spacial score (nSPS) is 17.1. The average Bonchev–Trinajstić information content (AvgIpc) is 2.51. The van der Waals surface area contributed by atoms with E-state index in [2.05, 4.69) is 25.6 Å². The second-order valence-electron chi connectivity index (χ2n) is 5.00. The minimum atomic E-state index is 0.431. The summed E-state index contributed by atoms with van der Waals surface area (Å²) in [6.45, 7) is 0. The number of nitrogens with zero attached hydrogens (tertiary/aromatic N) is 3. The first kappa shape index (κ1) is 15.6. The maximum Gasteiger partial charge on any atom is 0.229 e. The van der Waals surface area contributed by atoms with Crippen molar-refractivity contribution in [2.45, 2.75) is 38.1 Å². The highest BCUT2D eigenvalue weighted by molar-refractivity contribution is 6.32. The number of nitrogens with two attached hydrogens (primary N) is 1. The molecule has 1 aromatic rings. The van der Waals surface area contributed by atoms with Gasteiger partial charge in [-0.2, -0.15) is 4.98 Å². The fourth-order valence-corrected chi connectivity index (χ4v) is 2.50. The van der Waals surface area contributed by atoms with E-state index in [0.717, 1.165) is 12.8 Å². The summed E-state index contributed by atoms with van der Waals surface area (Å²) >= 11 is 6.17. The molecule has 1 aromatic heterocycles. The minimum Gasteiger partial charge on any atom is -0.403 e. The van der Waals surface area contributed by atoms with E-state index in [4.69, 9.17) is 17.3 Å². The molecule has 4 N–H and O–H groups in total. The zero-order valence-electron chi connectivity index (χ0n) is 12.1. The summed E-state index contributed by atoms with van der Waals surface area (Å²) in [6, 6.07) is 0.431. The van der Waals surface area contributed by atoms with Gasteiger partial charge in [-0.1, -0.05) is 30.9 Å². The maximum absolute atomic E-state index is 6.17. The molecular formula is C14H21ClN6. The Morgan fingerprint density at radius 2 is 2.19 bits per heavy atom. The molecule has 0 aromatic carbocycles. The number of halogens is 1. The molecule has 0 saturated heterocycles. The number of aromatic nitrogens is 2. The van der Waals surface area contributed by atoms with Crippen molar-refractivity contribution < 1.29 is 0 Å². The lowest BCUT2D eigenvalue weighted by Crippen LogP contribution is -2.23.